The van der Waals surface area contributed by atoms with Crippen LogP contribution in [0.2, 0.25) is 0 Å². The van der Waals surface area contributed by atoms with E-state index in [9.17, 15) is 10.1 Å². The molecule has 0 saturated carbocycles. The zero-order chi connectivity index (χ0) is 16.9. The predicted octanol–water partition coefficient (Wildman–Crippen LogP) is 3.63. The molecule has 24 heavy (non-hydrogen) atoms. The van der Waals surface area contributed by atoms with Gasteiger partial charge in [-0.3, -0.25) is 10.1 Å². The Morgan fingerprint density at radius 2 is 1.88 bits per heavy atom. The van der Waals surface area contributed by atoms with Gasteiger partial charge in [0.05, 0.1) is 24.4 Å². The highest BCUT2D eigenvalue weighted by molar-refractivity contribution is 5.35. The van der Waals surface area contributed by atoms with Gasteiger partial charge in [-0.25, -0.2) is 4.98 Å². The van der Waals surface area contributed by atoms with Crippen molar-refractivity contribution in [2.75, 3.05) is 7.11 Å². The molecule has 0 aliphatic heterocycles. The Labute approximate surface area is 139 Å². The molecule has 1 atom stereocenters. The topological polar surface area (TPSA) is 70.2 Å². The molecule has 3 rings (SSSR count). The summed E-state index contributed by atoms with van der Waals surface area (Å²) in [4.78, 5) is 14.5. The number of ether oxygens (including phenoxy) is 1. The van der Waals surface area contributed by atoms with E-state index in [1.807, 2.05) is 35.0 Å². The molecule has 1 heterocycles. The standard InChI is InChI=1S/C18H17N3O3/c1-24-17-8-4-15(5-9-17)18(20-11-10-19-13-20)12-14-2-6-16(7-3-14)21(22)23/h2-11,13,18H,12H2,1H3/t18-/m0/s1. The van der Waals surface area contributed by atoms with Crippen LogP contribution in [0, 0.1) is 10.1 Å². The second-order valence-corrected chi connectivity index (χ2v) is 5.43. The molecular weight excluding hydrogens is 306 g/mol. The van der Waals surface area contributed by atoms with Crippen LogP contribution in [0.5, 0.6) is 5.75 Å². The SMILES string of the molecule is COc1ccc([C@H](Cc2ccc([N+](=O)[O-])cc2)n2ccnc2)cc1. The third kappa shape index (κ3) is 3.43. The number of benzene rings is 2. The molecule has 6 heteroatoms. The van der Waals surface area contributed by atoms with Crippen LogP contribution in [0.1, 0.15) is 17.2 Å². The number of rotatable bonds is 6. The van der Waals surface area contributed by atoms with Crippen LogP contribution in [-0.2, 0) is 6.42 Å². The Balaban J connectivity index is 1.89. The molecule has 122 valence electrons. The van der Waals surface area contributed by atoms with Gasteiger partial charge in [0.1, 0.15) is 5.75 Å². The van der Waals surface area contributed by atoms with Crippen molar-refractivity contribution in [1.82, 2.24) is 9.55 Å². The molecule has 0 aliphatic carbocycles. The Morgan fingerprint density at radius 1 is 1.17 bits per heavy atom. The van der Waals surface area contributed by atoms with Crippen molar-refractivity contribution in [2.45, 2.75) is 12.5 Å². The maximum atomic E-state index is 10.8. The van der Waals surface area contributed by atoms with Crippen LogP contribution < -0.4 is 4.74 Å². The van der Waals surface area contributed by atoms with Gasteiger partial charge >= 0.3 is 0 Å². The van der Waals surface area contributed by atoms with Gasteiger partial charge in [0.25, 0.3) is 5.69 Å². The van der Waals surface area contributed by atoms with Gasteiger partial charge in [-0.05, 0) is 29.7 Å². The van der Waals surface area contributed by atoms with E-state index < -0.39 is 0 Å². The minimum Gasteiger partial charge on any atom is -0.497 e. The number of nitro benzene ring substituents is 1. The fraction of sp³-hybridized carbons (Fsp3) is 0.167. The van der Waals surface area contributed by atoms with Gasteiger partial charge in [0.15, 0.2) is 0 Å². The number of methoxy groups -OCH3 is 1. The van der Waals surface area contributed by atoms with Gasteiger partial charge in [0.2, 0.25) is 0 Å². The van der Waals surface area contributed by atoms with E-state index in [-0.39, 0.29) is 16.7 Å². The first-order valence-electron chi connectivity index (χ1n) is 7.52. The largest absolute Gasteiger partial charge is 0.497 e. The molecule has 3 aromatic rings. The molecule has 0 N–H and O–H groups in total. The average molecular weight is 323 g/mol. The monoisotopic (exact) mass is 323 g/mol. The number of imidazole rings is 1. The quantitative estimate of drug-likeness (QED) is 0.513. The first-order chi connectivity index (χ1) is 11.7. The number of nitrogens with zero attached hydrogens (tertiary/aromatic N) is 3. The van der Waals surface area contributed by atoms with Gasteiger partial charge in [-0.15, -0.1) is 0 Å². The normalized spacial score (nSPS) is 11.9. The molecule has 1 aromatic heterocycles. The molecule has 6 nitrogen and oxygen atoms in total. The number of nitro groups is 1. The van der Waals surface area contributed by atoms with Crippen LogP contribution >= 0.6 is 0 Å². The van der Waals surface area contributed by atoms with Crippen molar-refractivity contribution in [3.05, 3.63) is 88.5 Å². The summed E-state index contributed by atoms with van der Waals surface area (Å²) in [6.07, 6.45) is 6.15. The molecule has 0 amide bonds. The van der Waals surface area contributed by atoms with Crippen LogP contribution in [0.4, 0.5) is 5.69 Å². The third-order valence-electron chi connectivity index (χ3n) is 3.96. The lowest BCUT2D eigenvalue weighted by molar-refractivity contribution is -0.384. The summed E-state index contributed by atoms with van der Waals surface area (Å²) in [6.45, 7) is 0. The first-order valence-corrected chi connectivity index (χ1v) is 7.52. The lowest BCUT2D eigenvalue weighted by Gasteiger charge is -2.19. The first kappa shape index (κ1) is 15.7. The van der Waals surface area contributed by atoms with Crippen molar-refractivity contribution in [3.8, 4) is 5.75 Å². The minimum atomic E-state index is -0.388. The lowest BCUT2D eigenvalue weighted by atomic mass is 9.98. The van der Waals surface area contributed by atoms with Crippen molar-refractivity contribution < 1.29 is 9.66 Å². The van der Waals surface area contributed by atoms with Crippen LogP contribution in [0.3, 0.4) is 0 Å². The average Bonchev–Trinajstić information content (AvgIpc) is 3.14. The Kier molecular flexibility index (Phi) is 4.56. The molecule has 0 radical (unpaired) electrons. The van der Waals surface area contributed by atoms with Crippen molar-refractivity contribution in [3.63, 3.8) is 0 Å². The molecule has 0 bridgehead atoms. The zero-order valence-corrected chi connectivity index (χ0v) is 13.2. The summed E-state index contributed by atoms with van der Waals surface area (Å²) < 4.78 is 7.24. The molecule has 0 unspecified atom stereocenters. The summed E-state index contributed by atoms with van der Waals surface area (Å²) in [6, 6.07) is 14.6. The van der Waals surface area contributed by atoms with Crippen molar-refractivity contribution in [1.29, 1.82) is 0 Å². The van der Waals surface area contributed by atoms with E-state index in [0.29, 0.717) is 6.42 Å². The Bertz CT molecular complexity index is 797. The molecule has 0 saturated heterocycles. The highest BCUT2D eigenvalue weighted by Crippen LogP contribution is 2.25. The van der Waals surface area contributed by atoms with E-state index in [1.165, 1.54) is 12.1 Å². The van der Waals surface area contributed by atoms with E-state index in [0.717, 1.165) is 16.9 Å². The third-order valence-corrected chi connectivity index (χ3v) is 3.96. The summed E-state index contributed by atoms with van der Waals surface area (Å²) >= 11 is 0. The van der Waals surface area contributed by atoms with Gasteiger partial charge < -0.3 is 9.30 Å². The number of hydrogen-bond acceptors (Lipinski definition) is 4. The smallest absolute Gasteiger partial charge is 0.269 e. The Hall–Kier alpha value is -3.15. The summed E-state index contributed by atoms with van der Waals surface area (Å²) in [7, 11) is 1.64. The van der Waals surface area contributed by atoms with Gasteiger partial charge in [-0.2, -0.15) is 0 Å². The van der Waals surface area contributed by atoms with E-state index in [1.54, 1.807) is 31.8 Å². The van der Waals surface area contributed by atoms with Crippen LogP contribution in [-0.4, -0.2) is 21.6 Å². The number of hydrogen-bond donors (Lipinski definition) is 0. The lowest BCUT2D eigenvalue weighted by Crippen LogP contribution is -2.12. The van der Waals surface area contributed by atoms with E-state index in [2.05, 4.69) is 4.98 Å². The van der Waals surface area contributed by atoms with E-state index in [4.69, 9.17) is 4.74 Å². The number of aromatic nitrogens is 2. The predicted molar refractivity (Wildman–Crippen MR) is 90.2 cm³/mol. The minimum absolute atomic E-state index is 0.0554. The maximum absolute atomic E-state index is 10.8. The highest BCUT2D eigenvalue weighted by atomic mass is 16.6. The second kappa shape index (κ2) is 6.95. The Morgan fingerprint density at radius 3 is 2.42 bits per heavy atom. The molecule has 2 aromatic carbocycles. The van der Waals surface area contributed by atoms with Crippen LogP contribution in [0.25, 0.3) is 0 Å². The molecule has 0 fully saturated rings. The number of non-ortho nitro benzene ring substituents is 1. The molecule has 0 spiro atoms. The summed E-state index contributed by atoms with van der Waals surface area (Å²) in [5, 5.41) is 10.8. The van der Waals surface area contributed by atoms with Crippen LogP contribution in [0.15, 0.2) is 67.3 Å². The van der Waals surface area contributed by atoms with E-state index >= 15 is 0 Å². The second-order valence-electron chi connectivity index (χ2n) is 5.43. The molecular formula is C18H17N3O3. The molecule has 0 aliphatic rings. The van der Waals surface area contributed by atoms with Crippen molar-refractivity contribution in [2.24, 2.45) is 0 Å². The summed E-state index contributed by atoms with van der Waals surface area (Å²) in [5.41, 5.74) is 2.24. The summed E-state index contributed by atoms with van der Waals surface area (Å²) in [5.74, 6) is 0.804. The zero-order valence-electron chi connectivity index (χ0n) is 13.2. The fourth-order valence-corrected chi connectivity index (χ4v) is 2.65. The highest BCUT2D eigenvalue weighted by Gasteiger charge is 2.15. The van der Waals surface area contributed by atoms with Gasteiger partial charge in [-0.1, -0.05) is 24.3 Å². The van der Waals surface area contributed by atoms with Crippen molar-refractivity contribution >= 4 is 5.69 Å². The maximum Gasteiger partial charge on any atom is 0.269 e. The van der Waals surface area contributed by atoms with Gasteiger partial charge in [0, 0.05) is 24.5 Å². The fourth-order valence-electron chi connectivity index (χ4n) is 2.65.